The topological polar surface area (TPSA) is 49.7 Å². The molecule has 0 radical (unpaired) electrons. The van der Waals surface area contributed by atoms with Crippen molar-refractivity contribution in [3.8, 4) is 0 Å². The largest absolute Gasteiger partial charge is 0.396 e. The quantitative estimate of drug-likeness (QED) is 0.583. The smallest absolute Gasteiger partial charge is 0.0634 e. The fraction of sp³-hybridized carbons (Fsp3) is 1.00. The maximum absolute atomic E-state index is 9.00. The first-order valence-corrected chi connectivity index (χ1v) is 4.24. The maximum atomic E-state index is 9.00. The second kappa shape index (κ2) is 2.73. The van der Waals surface area contributed by atoms with Crippen LogP contribution in [-0.4, -0.2) is 35.6 Å². The van der Waals surface area contributed by atoms with Crippen molar-refractivity contribution >= 4 is 0 Å². The van der Waals surface area contributed by atoms with Crippen molar-refractivity contribution in [3.63, 3.8) is 0 Å². The van der Waals surface area contributed by atoms with Gasteiger partial charge in [-0.25, -0.2) is 0 Å². The average Bonchev–Trinajstić information content (AvgIpc) is 2.60. The van der Waals surface area contributed by atoms with E-state index in [4.69, 9.17) is 14.9 Å². The average molecular weight is 158 g/mol. The summed E-state index contributed by atoms with van der Waals surface area (Å²) < 4.78 is 5.56. The van der Waals surface area contributed by atoms with Crippen LogP contribution in [0.2, 0.25) is 0 Å². The Morgan fingerprint density at radius 2 is 1.45 bits per heavy atom. The Hall–Kier alpha value is -0.120. The Kier molecular flexibility index (Phi) is 1.87. The lowest BCUT2D eigenvalue weighted by Crippen LogP contribution is -2.32. The standard InChI is InChI=1S/C8H14O3/c9-3-5-6(4-10)8-2-1-7(5)11-8/h5-10H,1-4H2/t5-,6-,7-,8-/m1/s1. The minimum atomic E-state index is 0.159. The highest BCUT2D eigenvalue weighted by molar-refractivity contribution is 4.95. The molecule has 2 fully saturated rings. The van der Waals surface area contributed by atoms with Gasteiger partial charge in [-0.3, -0.25) is 0 Å². The number of rotatable bonds is 2. The predicted molar refractivity (Wildman–Crippen MR) is 39.0 cm³/mol. The van der Waals surface area contributed by atoms with Gasteiger partial charge in [0.25, 0.3) is 0 Å². The Labute approximate surface area is 66.0 Å². The van der Waals surface area contributed by atoms with Crippen LogP contribution in [0.3, 0.4) is 0 Å². The predicted octanol–water partition coefficient (Wildman–Crippen LogP) is -0.235. The van der Waals surface area contributed by atoms with Gasteiger partial charge in [-0.1, -0.05) is 0 Å². The molecule has 0 unspecified atom stereocenters. The Morgan fingerprint density at radius 3 is 1.82 bits per heavy atom. The molecule has 2 saturated heterocycles. The van der Waals surface area contributed by atoms with E-state index < -0.39 is 0 Å². The number of hydrogen-bond donors (Lipinski definition) is 2. The molecule has 2 rings (SSSR count). The van der Waals surface area contributed by atoms with E-state index in [2.05, 4.69) is 0 Å². The molecular weight excluding hydrogens is 144 g/mol. The molecule has 0 aromatic rings. The molecule has 2 aliphatic heterocycles. The third kappa shape index (κ3) is 0.991. The van der Waals surface area contributed by atoms with E-state index in [1.54, 1.807) is 0 Å². The summed E-state index contributed by atoms with van der Waals surface area (Å²) in [5.41, 5.74) is 0. The summed E-state index contributed by atoms with van der Waals surface area (Å²) in [5, 5.41) is 18.0. The fourth-order valence-corrected chi connectivity index (χ4v) is 2.38. The van der Waals surface area contributed by atoms with Crippen molar-refractivity contribution in [1.29, 1.82) is 0 Å². The van der Waals surface area contributed by atoms with Gasteiger partial charge >= 0.3 is 0 Å². The van der Waals surface area contributed by atoms with Crippen LogP contribution in [0.5, 0.6) is 0 Å². The molecule has 2 heterocycles. The van der Waals surface area contributed by atoms with Gasteiger partial charge < -0.3 is 14.9 Å². The van der Waals surface area contributed by atoms with Gasteiger partial charge in [0.2, 0.25) is 0 Å². The lowest BCUT2D eigenvalue weighted by Gasteiger charge is -2.24. The molecule has 4 atom stereocenters. The zero-order valence-electron chi connectivity index (χ0n) is 6.44. The molecule has 3 nitrogen and oxygen atoms in total. The van der Waals surface area contributed by atoms with Gasteiger partial charge in [0.15, 0.2) is 0 Å². The van der Waals surface area contributed by atoms with E-state index >= 15 is 0 Å². The van der Waals surface area contributed by atoms with Crippen molar-refractivity contribution in [2.24, 2.45) is 11.8 Å². The van der Waals surface area contributed by atoms with Gasteiger partial charge in [-0.05, 0) is 12.8 Å². The summed E-state index contributed by atoms with van der Waals surface area (Å²) in [6.45, 7) is 0.318. The molecule has 64 valence electrons. The molecule has 11 heavy (non-hydrogen) atoms. The molecule has 0 aromatic carbocycles. The zero-order valence-corrected chi connectivity index (χ0v) is 6.44. The van der Waals surface area contributed by atoms with Gasteiger partial charge in [0.1, 0.15) is 0 Å². The molecule has 2 N–H and O–H groups in total. The first-order chi connectivity index (χ1) is 5.36. The van der Waals surface area contributed by atoms with Gasteiger partial charge in [-0.2, -0.15) is 0 Å². The van der Waals surface area contributed by atoms with Crippen molar-refractivity contribution < 1.29 is 14.9 Å². The van der Waals surface area contributed by atoms with E-state index in [1.807, 2.05) is 0 Å². The Balaban J connectivity index is 2.08. The fourth-order valence-electron chi connectivity index (χ4n) is 2.38. The number of aliphatic hydroxyl groups is 2. The highest BCUT2D eigenvalue weighted by Gasteiger charge is 2.47. The lowest BCUT2D eigenvalue weighted by atomic mass is 9.80. The van der Waals surface area contributed by atoms with Crippen LogP contribution in [0.1, 0.15) is 12.8 Å². The minimum Gasteiger partial charge on any atom is -0.396 e. The molecule has 0 aliphatic carbocycles. The SMILES string of the molecule is OC[C@@H]1[C@@H](CO)[C@H]2CC[C@H]1O2. The van der Waals surface area contributed by atoms with Crippen molar-refractivity contribution in [2.75, 3.05) is 13.2 Å². The normalized spacial score (nSPS) is 48.5. The summed E-state index contributed by atoms with van der Waals surface area (Å²) >= 11 is 0. The molecule has 3 heteroatoms. The highest BCUT2D eigenvalue weighted by Crippen LogP contribution is 2.42. The summed E-state index contributed by atoms with van der Waals surface area (Å²) in [7, 11) is 0. The molecule has 0 aromatic heterocycles. The minimum absolute atomic E-state index is 0.159. The highest BCUT2D eigenvalue weighted by atomic mass is 16.5. The Bertz CT molecular complexity index is 132. The summed E-state index contributed by atoms with van der Waals surface area (Å²) in [4.78, 5) is 0. The summed E-state index contributed by atoms with van der Waals surface area (Å²) in [6.07, 6.45) is 2.57. The molecule has 2 bridgehead atoms. The second-order valence-electron chi connectivity index (χ2n) is 3.48. The van der Waals surface area contributed by atoms with Gasteiger partial charge in [0, 0.05) is 25.0 Å². The van der Waals surface area contributed by atoms with Crippen molar-refractivity contribution in [1.82, 2.24) is 0 Å². The van der Waals surface area contributed by atoms with E-state index in [9.17, 15) is 0 Å². The zero-order chi connectivity index (χ0) is 7.84. The first kappa shape index (κ1) is 7.53. The molecule has 0 amide bonds. The van der Waals surface area contributed by atoms with E-state index in [0.717, 1.165) is 12.8 Å². The molecule has 0 spiro atoms. The lowest BCUT2D eigenvalue weighted by molar-refractivity contribution is 0.0764. The van der Waals surface area contributed by atoms with Crippen LogP contribution in [0, 0.1) is 11.8 Å². The van der Waals surface area contributed by atoms with Crippen LogP contribution < -0.4 is 0 Å². The molecule has 2 aliphatic rings. The third-order valence-corrected chi connectivity index (χ3v) is 3.01. The number of ether oxygens (including phenoxy) is 1. The number of aliphatic hydroxyl groups excluding tert-OH is 2. The molecular formula is C8H14O3. The second-order valence-corrected chi connectivity index (χ2v) is 3.48. The Morgan fingerprint density at radius 1 is 1.00 bits per heavy atom. The molecule has 0 saturated carbocycles. The third-order valence-electron chi connectivity index (χ3n) is 3.01. The van der Waals surface area contributed by atoms with E-state index in [0.29, 0.717) is 0 Å². The van der Waals surface area contributed by atoms with Crippen molar-refractivity contribution in [3.05, 3.63) is 0 Å². The first-order valence-electron chi connectivity index (χ1n) is 4.24. The van der Waals surface area contributed by atoms with Crippen molar-refractivity contribution in [2.45, 2.75) is 25.0 Å². The van der Waals surface area contributed by atoms with E-state index in [-0.39, 0.29) is 37.3 Å². The van der Waals surface area contributed by atoms with Gasteiger partial charge in [0.05, 0.1) is 12.2 Å². The van der Waals surface area contributed by atoms with Crippen LogP contribution >= 0.6 is 0 Å². The van der Waals surface area contributed by atoms with Gasteiger partial charge in [-0.15, -0.1) is 0 Å². The van der Waals surface area contributed by atoms with E-state index in [1.165, 1.54) is 0 Å². The number of fused-ring (bicyclic) bond motifs is 2. The summed E-state index contributed by atoms with van der Waals surface area (Å²) in [6, 6.07) is 0. The van der Waals surface area contributed by atoms with Crippen LogP contribution in [-0.2, 0) is 4.74 Å². The van der Waals surface area contributed by atoms with Crippen LogP contribution in [0.25, 0.3) is 0 Å². The summed E-state index contributed by atoms with van der Waals surface area (Å²) in [5.74, 6) is 0.387. The monoisotopic (exact) mass is 158 g/mol. The number of hydrogen-bond acceptors (Lipinski definition) is 3. The van der Waals surface area contributed by atoms with Crippen LogP contribution in [0.4, 0.5) is 0 Å². The van der Waals surface area contributed by atoms with Crippen LogP contribution in [0.15, 0.2) is 0 Å². The maximum Gasteiger partial charge on any atom is 0.0634 e.